The van der Waals surface area contributed by atoms with E-state index < -0.39 is 0 Å². The molecule has 38 heavy (non-hydrogen) atoms. The fourth-order valence-corrected chi connectivity index (χ4v) is 4.93. The fraction of sp³-hybridized carbons (Fsp3) is 0.0645. The van der Waals surface area contributed by atoms with Crippen LogP contribution in [0, 0.1) is 4.77 Å². The average molecular weight is 516 g/mol. The maximum Gasteiger partial charge on any atom is 0.199 e. The highest BCUT2D eigenvalue weighted by molar-refractivity contribution is 7.71. The molecule has 6 rings (SSSR count). The predicted molar refractivity (Wildman–Crippen MR) is 153 cm³/mol. The summed E-state index contributed by atoms with van der Waals surface area (Å²) in [4.78, 5) is 5.23. The van der Waals surface area contributed by atoms with Crippen molar-refractivity contribution in [1.82, 2.24) is 24.3 Å². The van der Waals surface area contributed by atoms with Crippen LogP contribution in [0.2, 0.25) is 0 Å². The van der Waals surface area contributed by atoms with Gasteiger partial charge in [-0.2, -0.15) is 5.10 Å². The number of ether oxygens (including phenoxy) is 1. The molecule has 0 radical (unpaired) electrons. The molecule has 0 saturated heterocycles. The van der Waals surface area contributed by atoms with Crippen molar-refractivity contribution >= 4 is 12.2 Å². The predicted octanol–water partition coefficient (Wildman–Crippen LogP) is 7.18. The van der Waals surface area contributed by atoms with E-state index in [1.807, 2.05) is 71.3 Å². The van der Waals surface area contributed by atoms with Gasteiger partial charge >= 0.3 is 0 Å². The molecule has 4 aromatic carbocycles. The normalized spacial score (nSPS) is 11.0. The molecule has 0 aliphatic heterocycles. The lowest BCUT2D eigenvalue weighted by molar-refractivity contribution is 0.414. The molecule has 0 amide bonds. The molecule has 6 aromatic rings. The topological polar surface area (TPSA) is 60.7 Å². The fourth-order valence-electron chi connectivity index (χ4n) is 4.67. The molecular formula is C31H25N5OS. The lowest BCUT2D eigenvalue weighted by Crippen LogP contribution is -2.10. The lowest BCUT2D eigenvalue weighted by Gasteiger charge is -2.14. The second-order valence-corrected chi connectivity index (χ2v) is 9.18. The van der Waals surface area contributed by atoms with Crippen molar-refractivity contribution in [2.24, 2.45) is 0 Å². The number of H-pyrrole nitrogens is 1. The van der Waals surface area contributed by atoms with Crippen molar-refractivity contribution in [3.8, 4) is 45.3 Å². The van der Waals surface area contributed by atoms with Gasteiger partial charge in [0.15, 0.2) is 10.6 Å². The van der Waals surface area contributed by atoms with Crippen LogP contribution in [-0.4, -0.2) is 31.4 Å². The molecule has 186 valence electrons. The molecule has 0 unspecified atom stereocenters. The Morgan fingerprint density at radius 3 is 1.92 bits per heavy atom. The molecule has 0 atom stereocenters. The highest BCUT2D eigenvalue weighted by Gasteiger charge is 2.23. The highest BCUT2D eigenvalue weighted by atomic mass is 32.1. The first kappa shape index (κ1) is 23.6. The van der Waals surface area contributed by atoms with Crippen LogP contribution in [-0.2, 0) is 6.54 Å². The Hall–Kier alpha value is -4.75. The number of benzene rings is 4. The van der Waals surface area contributed by atoms with E-state index in [-0.39, 0.29) is 0 Å². The third-order valence-electron chi connectivity index (χ3n) is 6.47. The number of hydrogen-bond acceptors (Lipinski definition) is 4. The Labute approximate surface area is 225 Å². The summed E-state index contributed by atoms with van der Waals surface area (Å²) in [5.74, 6) is 2.41. The minimum atomic E-state index is 0.452. The summed E-state index contributed by atoms with van der Waals surface area (Å²) in [6, 6.07) is 38.7. The van der Waals surface area contributed by atoms with Gasteiger partial charge in [0.25, 0.3) is 0 Å². The van der Waals surface area contributed by atoms with Crippen molar-refractivity contribution in [1.29, 1.82) is 0 Å². The Morgan fingerprint density at radius 2 is 1.32 bits per heavy atom. The van der Waals surface area contributed by atoms with Crippen molar-refractivity contribution in [2.75, 3.05) is 7.11 Å². The number of rotatable bonds is 7. The van der Waals surface area contributed by atoms with Crippen molar-refractivity contribution < 1.29 is 4.74 Å². The van der Waals surface area contributed by atoms with Crippen molar-refractivity contribution in [2.45, 2.75) is 6.54 Å². The Balaban J connectivity index is 1.58. The number of hydrogen-bond donors (Lipinski definition) is 1. The monoisotopic (exact) mass is 515 g/mol. The van der Waals surface area contributed by atoms with Crippen LogP contribution in [0.25, 0.3) is 39.6 Å². The number of nitrogens with zero attached hydrogens (tertiary/aromatic N) is 4. The minimum Gasteiger partial charge on any atom is -0.497 e. The zero-order valence-corrected chi connectivity index (χ0v) is 21.6. The summed E-state index contributed by atoms with van der Waals surface area (Å²) >= 11 is 5.66. The number of imidazole rings is 1. The Kier molecular flexibility index (Phi) is 6.42. The van der Waals surface area contributed by atoms with Crippen LogP contribution < -0.4 is 4.74 Å². The van der Waals surface area contributed by atoms with Gasteiger partial charge in [0.2, 0.25) is 0 Å². The molecule has 0 saturated carbocycles. The first-order valence-corrected chi connectivity index (χ1v) is 12.7. The van der Waals surface area contributed by atoms with Crippen molar-refractivity contribution in [3.05, 3.63) is 126 Å². The summed E-state index contributed by atoms with van der Waals surface area (Å²) in [6.45, 7) is 0.452. The van der Waals surface area contributed by atoms with E-state index in [1.165, 1.54) is 0 Å². The smallest absolute Gasteiger partial charge is 0.199 e. The number of methoxy groups -OCH3 is 1. The molecule has 1 N–H and O–H groups in total. The summed E-state index contributed by atoms with van der Waals surface area (Å²) < 4.78 is 10.1. The van der Waals surface area contributed by atoms with Gasteiger partial charge < -0.3 is 9.30 Å². The molecule has 7 heteroatoms. The third kappa shape index (κ3) is 4.44. The molecule has 0 bridgehead atoms. The number of nitrogens with one attached hydrogen (secondary N) is 1. The van der Waals surface area contributed by atoms with E-state index in [0.29, 0.717) is 11.3 Å². The molecule has 0 spiro atoms. The summed E-state index contributed by atoms with van der Waals surface area (Å²) in [5, 5.41) is 7.64. The SMILES string of the molecule is COc1ccc(-n2c(Cn3c(-c4ccccc4)nc(-c4ccccc4)c3-c3ccccc3)n[nH]c2=S)cc1. The average Bonchev–Trinajstić information content (AvgIpc) is 3.55. The van der Waals surface area contributed by atoms with E-state index in [9.17, 15) is 0 Å². The maximum atomic E-state index is 5.66. The standard InChI is InChI=1S/C31H25N5OS/c1-37-26-19-17-25(18-20-26)36-27(33-34-31(36)38)21-35-29(23-13-7-3-8-14-23)28(22-11-5-2-6-12-22)32-30(35)24-15-9-4-10-16-24/h2-20H,21H2,1H3,(H,34,38). The quantitative estimate of drug-likeness (QED) is 0.229. The Bertz CT molecular complexity index is 1720. The van der Waals surface area contributed by atoms with E-state index in [2.05, 4.69) is 63.3 Å². The molecule has 2 heterocycles. The zero-order chi connectivity index (χ0) is 25.9. The van der Waals surface area contributed by atoms with E-state index in [1.54, 1.807) is 7.11 Å². The maximum absolute atomic E-state index is 5.66. The van der Waals surface area contributed by atoms with Gasteiger partial charge in [-0.25, -0.2) is 4.98 Å². The largest absolute Gasteiger partial charge is 0.497 e. The molecule has 6 nitrogen and oxygen atoms in total. The third-order valence-corrected chi connectivity index (χ3v) is 6.74. The molecular weight excluding hydrogens is 490 g/mol. The molecule has 2 aromatic heterocycles. The zero-order valence-electron chi connectivity index (χ0n) is 20.8. The van der Waals surface area contributed by atoms with Gasteiger partial charge in [0, 0.05) is 22.4 Å². The summed E-state index contributed by atoms with van der Waals surface area (Å²) in [7, 11) is 1.66. The number of aromatic amines is 1. The summed E-state index contributed by atoms with van der Waals surface area (Å²) in [6.07, 6.45) is 0. The second-order valence-electron chi connectivity index (χ2n) is 8.80. The first-order valence-electron chi connectivity index (χ1n) is 12.3. The highest BCUT2D eigenvalue weighted by Crippen LogP contribution is 2.36. The van der Waals surface area contributed by atoms with Crippen LogP contribution in [0.4, 0.5) is 0 Å². The van der Waals surface area contributed by atoms with E-state index >= 15 is 0 Å². The van der Waals surface area contributed by atoms with Crippen molar-refractivity contribution in [3.63, 3.8) is 0 Å². The van der Waals surface area contributed by atoms with Gasteiger partial charge in [0.05, 0.1) is 25.0 Å². The van der Waals surface area contributed by atoms with Gasteiger partial charge in [-0.1, -0.05) is 91.0 Å². The summed E-state index contributed by atoms with van der Waals surface area (Å²) in [5.41, 5.74) is 6.00. The van der Waals surface area contributed by atoms with Crippen LogP contribution in [0.1, 0.15) is 5.82 Å². The van der Waals surface area contributed by atoms with Crippen LogP contribution in [0.15, 0.2) is 115 Å². The molecule has 0 aliphatic rings. The first-order chi connectivity index (χ1) is 18.7. The van der Waals surface area contributed by atoms with Crippen LogP contribution in [0.5, 0.6) is 5.75 Å². The lowest BCUT2D eigenvalue weighted by atomic mass is 10.0. The molecule has 0 fully saturated rings. The van der Waals surface area contributed by atoms with Gasteiger partial charge in [-0.3, -0.25) is 9.67 Å². The Morgan fingerprint density at radius 1 is 0.737 bits per heavy atom. The van der Waals surface area contributed by atoms with Gasteiger partial charge in [-0.15, -0.1) is 0 Å². The second kappa shape index (κ2) is 10.3. The van der Waals surface area contributed by atoms with Gasteiger partial charge in [-0.05, 0) is 36.5 Å². The van der Waals surface area contributed by atoms with Crippen LogP contribution >= 0.6 is 12.2 Å². The van der Waals surface area contributed by atoms with Gasteiger partial charge in [0.1, 0.15) is 11.6 Å². The number of aromatic nitrogens is 5. The van der Waals surface area contributed by atoms with E-state index in [0.717, 1.165) is 51.2 Å². The minimum absolute atomic E-state index is 0.452. The molecule has 0 aliphatic carbocycles. The van der Waals surface area contributed by atoms with Crippen LogP contribution in [0.3, 0.4) is 0 Å². The van der Waals surface area contributed by atoms with E-state index in [4.69, 9.17) is 21.9 Å².